The van der Waals surface area contributed by atoms with Crippen molar-refractivity contribution in [2.45, 2.75) is 117 Å². The van der Waals surface area contributed by atoms with Crippen molar-refractivity contribution in [1.29, 1.82) is 0 Å². The van der Waals surface area contributed by atoms with Crippen molar-refractivity contribution in [3.63, 3.8) is 0 Å². The van der Waals surface area contributed by atoms with Gasteiger partial charge in [0.1, 0.15) is 0 Å². The Morgan fingerprint density at radius 2 is 0.955 bits per heavy atom. The molecule has 0 aliphatic carbocycles. The largest absolute Gasteiger partial charge is 0.370 e. The van der Waals surface area contributed by atoms with E-state index in [1.165, 1.54) is 89.9 Å². The molecule has 0 saturated heterocycles. The molecule has 0 rings (SSSR count). The zero-order valence-corrected chi connectivity index (χ0v) is 15.4. The van der Waals surface area contributed by atoms with Gasteiger partial charge in [-0.25, -0.2) is 0 Å². The van der Waals surface area contributed by atoms with Crippen LogP contribution in [0.25, 0.3) is 0 Å². The molecular formula is C20H41NO. The van der Waals surface area contributed by atoms with Gasteiger partial charge in [0.15, 0.2) is 0 Å². The fraction of sp³-hybridized carbons (Fsp3) is 0.950. The smallest absolute Gasteiger partial charge is 0.217 e. The highest BCUT2D eigenvalue weighted by Gasteiger charge is 1.97. The Morgan fingerprint density at radius 1 is 0.636 bits per heavy atom. The summed E-state index contributed by atoms with van der Waals surface area (Å²) in [5, 5.41) is 0. The average molecular weight is 312 g/mol. The fourth-order valence-corrected chi connectivity index (χ4v) is 2.97. The van der Waals surface area contributed by atoms with Crippen LogP contribution >= 0.6 is 0 Å². The highest BCUT2D eigenvalue weighted by atomic mass is 16.1. The first kappa shape index (κ1) is 21.5. The van der Waals surface area contributed by atoms with Gasteiger partial charge in [-0.2, -0.15) is 0 Å². The van der Waals surface area contributed by atoms with Crippen molar-refractivity contribution < 1.29 is 4.79 Å². The molecule has 0 aliphatic heterocycles. The van der Waals surface area contributed by atoms with Crippen LogP contribution in [0.15, 0.2) is 0 Å². The van der Waals surface area contributed by atoms with E-state index in [1.807, 2.05) is 0 Å². The SMILES string of the molecule is CC(C)CCCCCCCCCCCCCCCCC(N)=O. The molecule has 0 atom stereocenters. The number of nitrogens with two attached hydrogens (primary N) is 1. The maximum absolute atomic E-state index is 10.6. The number of hydrogen-bond acceptors (Lipinski definition) is 1. The Balaban J connectivity index is 2.98. The Hall–Kier alpha value is -0.530. The standard InChI is InChI=1S/C20H41NO/c1-19(2)17-15-13-11-9-7-5-3-4-6-8-10-12-14-16-18-20(21)22/h19H,3-18H2,1-2H3,(H2,21,22). The molecule has 0 bridgehead atoms. The van der Waals surface area contributed by atoms with Gasteiger partial charge in [-0.15, -0.1) is 0 Å². The lowest BCUT2D eigenvalue weighted by molar-refractivity contribution is -0.118. The van der Waals surface area contributed by atoms with Crippen LogP contribution in [0.3, 0.4) is 0 Å². The second kappa shape index (κ2) is 16.8. The molecule has 0 fully saturated rings. The molecule has 0 spiro atoms. The molecule has 1 amide bonds. The lowest BCUT2D eigenvalue weighted by atomic mass is 10.0. The van der Waals surface area contributed by atoms with Gasteiger partial charge in [0.2, 0.25) is 5.91 Å². The van der Waals surface area contributed by atoms with E-state index in [0.717, 1.165) is 12.3 Å². The van der Waals surface area contributed by atoms with E-state index in [0.29, 0.717) is 6.42 Å². The highest BCUT2D eigenvalue weighted by Crippen LogP contribution is 2.14. The normalized spacial score (nSPS) is 11.2. The van der Waals surface area contributed by atoms with Crippen molar-refractivity contribution in [2.75, 3.05) is 0 Å². The van der Waals surface area contributed by atoms with E-state index < -0.39 is 0 Å². The minimum Gasteiger partial charge on any atom is -0.370 e. The molecule has 0 saturated carbocycles. The van der Waals surface area contributed by atoms with Gasteiger partial charge in [-0.1, -0.05) is 104 Å². The van der Waals surface area contributed by atoms with Crippen molar-refractivity contribution in [3.05, 3.63) is 0 Å². The summed E-state index contributed by atoms with van der Waals surface area (Å²) >= 11 is 0. The van der Waals surface area contributed by atoms with Gasteiger partial charge in [0.25, 0.3) is 0 Å². The van der Waals surface area contributed by atoms with Gasteiger partial charge in [0, 0.05) is 6.42 Å². The topological polar surface area (TPSA) is 43.1 Å². The van der Waals surface area contributed by atoms with Crippen LogP contribution in [0.4, 0.5) is 0 Å². The summed E-state index contributed by atoms with van der Waals surface area (Å²) < 4.78 is 0. The van der Waals surface area contributed by atoms with Crippen molar-refractivity contribution in [2.24, 2.45) is 11.7 Å². The van der Waals surface area contributed by atoms with Crippen molar-refractivity contribution in [1.82, 2.24) is 0 Å². The molecule has 22 heavy (non-hydrogen) atoms. The van der Waals surface area contributed by atoms with Crippen LogP contribution in [-0.2, 0) is 4.79 Å². The Bertz CT molecular complexity index is 238. The maximum Gasteiger partial charge on any atom is 0.217 e. The third-order valence-electron chi connectivity index (χ3n) is 4.45. The summed E-state index contributed by atoms with van der Waals surface area (Å²) in [7, 11) is 0. The van der Waals surface area contributed by atoms with E-state index in [-0.39, 0.29) is 5.91 Å². The summed E-state index contributed by atoms with van der Waals surface area (Å²) in [6.07, 6.45) is 20.9. The second-order valence-electron chi connectivity index (χ2n) is 7.35. The number of primary amides is 1. The van der Waals surface area contributed by atoms with Gasteiger partial charge < -0.3 is 5.73 Å². The molecule has 0 aromatic rings. The molecule has 0 aromatic heterocycles. The lowest BCUT2D eigenvalue weighted by Gasteiger charge is -2.05. The molecule has 2 nitrogen and oxygen atoms in total. The van der Waals surface area contributed by atoms with Crippen molar-refractivity contribution in [3.8, 4) is 0 Å². The van der Waals surface area contributed by atoms with E-state index in [1.54, 1.807) is 0 Å². The molecular weight excluding hydrogens is 270 g/mol. The first-order valence-electron chi connectivity index (χ1n) is 9.91. The highest BCUT2D eigenvalue weighted by molar-refractivity contribution is 5.73. The molecule has 0 unspecified atom stereocenters. The number of carbonyl (C=O) groups excluding carboxylic acids is 1. The minimum absolute atomic E-state index is 0.153. The Labute approximate surface area is 139 Å². The number of rotatable bonds is 17. The average Bonchev–Trinajstić information content (AvgIpc) is 2.46. The van der Waals surface area contributed by atoms with Crippen LogP contribution in [0, 0.1) is 5.92 Å². The summed E-state index contributed by atoms with van der Waals surface area (Å²) in [5.74, 6) is 0.725. The summed E-state index contributed by atoms with van der Waals surface area (Å²) in [6.45, 7) is 4.64. The summed E-state index contributed by atoms with van der Waals surface area (Å²) in [6, 6.07) is 0. The molecule has 2 N–H and O–H groups in total. The zero-order chi connectivity index (χ0) is 16.5. The third kappa shape index (κ3) is 19.5. The van der Waals surface area contributed by atoms with Gasteiger partial charge >= 0.3 is 0 Å². The molecule has 132 valence electrons. The monoisotopic (exact) mass is 311 g/mol. The van der Waals surface area contributed by atoms with Crippen LogP contribution in [0.5, 0.6) is 0 Å². The number of amides is 1. The number of unbranched alkanes of at least 4 members (excludes halogenated alkanes) is 13. The Kier molecular flexibility index (Phi) is 16.4. The molecule has 0 aromatic carbocycles. The van der Waals surface area contributed by atoms with E-state index in [2.05, 4.69) is 13.8 Å². The van der Waals surface area contributed by atoms with Gasteiger partial charge in [0.05, 0.1) is 0 Å². The molecule has 0 radical (unpaired) electrons. The molecule has 0 aliphatic rings. The van der Waals surface area contributed by atoms with E-state index in [9.17, 15) is 4.79 Å². The number of hydrogen-bond donors (Lipinski definition) is 1. The fourth-order valence-electron chi connectivity index (χ4n) is 2.97. The summed E-state index contributed by atoms with van der Waals surface area (Å²) in [5.41, 5.74) is 5.12. The quantitative estimate of drug-likeness (QED) is 0.312. The first-order valence-corrected chi connectivity index (χ1v) is 9.91. The first-order chi connectivity index (χ1) is 10.6. The van der Waals surface area contributed by atoms with Crippen LogP contribution in [0.2, 0.25) is 0 Å². The van der Waals surface area contributed by atoms with E-state index >= 15 is 0 Å². The van der Waals surface area contributed by atoms with E-state index in [4.69, 9.17) is 5.73 Å². The number of carbonyl (C=O) groups is 1. The minimum atomic E-state index is -0.153. The second-order valence-corrected chi connectivity index (χ2v) is 7.35. The Morgan fingerprint density at radius 3 is 1.27 bits per heavy atom. The predicted molar refractivity (Wildman–Crippen MR) is 97.9 cm³/mol. The predicted octanol–water partition coefficient (Wildman–Crippen LogP) is 6.37. The van der Waals surface area contributed by atoms with Crippen LogP contribution in [-0.4, -0.2) is 5.91 Å². The molecule has 2 heteroatoms. The summed E-state index contributed by atoms with van der Waals surface area (Å²) in [4.78, 5) is 10.6. The van der Waals surface area contributed by atoms with Crippen molar-refractivity contribution >= 4 is 5.91 Å². The third-order valence-corrected chi connectivity index (χ3v) is 4.45. The van der Waals surface area contributed by atoms with Gasteiger partial charge in [-0.05, 0) is 12.3 Å². The van der Waals surface area contributed by atoms with Crippen LogP contribution < -0.4 is 5.73 Å². The molecule has 0 heterocycles. The maximum atomic E-state index is 10.6. The lowest BCUT2D eigenvalue weighted by Crippen LogP contribution is -2.09. The zero-order valence-electron chi connectivity index (χ0n) is 15.4. The van der Waals surface area contributed by atoms with Crippen LogP contribution in [0.1, 0.15) is 117 Å². The van der Waals surface area contributed by atoms with Gasteiger partial charge in [-0.3, -0.25) is 4.79 Å².